The first-order valence-electron chi connectivity index (χ1n) is 13.5. The lowest BCUT2D eigenvalue weighted by Gasteiger charge is -2.38. The second-order valence-electron chi connectivity index (χ2n) is 9.52. The van der Waals surface area contributed by atoms with Crippen LogP contribution in [-0.4, -0.2) is 72.8 Å². The molecule has 0 spiro atoms. The van der Waals surface area contributed by atoms with Crippen LogP contribution in [0.5, 0.6) is 5.75 Å². The van der Waals surface area contributed by atoms with E-state index in [1.54, 1.807) is 17.9 Å². The maximum atomic E-state index is 12.3. The Hall–Kier alpha value is -2.57. The van der Waals surface area contributed by atoms with Gasteiger partial charge in [0.1, 0.15) is 5.75 Å². The summed E-state index contributed by atoms with van der Waals surface area (Å²) in [6, 6.07) is 3.92. The Morgan fingerprint density at radius 3 is 2.57 bits per heavy atom. The summed E-state index contributed by atoms with van der Waals surface area (Å²) in [4.78, 5) is 30.0. The molecule has 1 aromatic rings. The number of hydrogen-bond donors (Lipinski definition) is 0. The predicted molar refractivity (Wildman–Crippen MR) is 153 cm³/mol. The number of unbranched alkanes of at least 4 members (excludes halogenated alkanes) is 1. The number of fused-ring (bicyclic) bond motifs is 1. The zero-order valence-electron chi connectivity index (χ0n) is 23.3. The molecule has 3 rings (SSSR count). The topological polar surface area (TPSA) is 53.1 Å². The van der Waals surface area contributed by atoms with Crippen LogP contribution >= 0.6 is 11.6 Å². The minimum atomic E-state index is 0.00205. The molecule has 0 saturated carbocycles. The Labute approximate surface area is 228 Å². The van der Waals surface area contributed by atoms with Crippen LogP contribution in [0.15, 0.2) is 48.3 Å². The number of likely N-dealkylation sites (N-methyl/N-ethyl adjacent to an activating group) is 1. The molecule has 2 aliphatic heterocycles. The Morgan fingerprint density at radius 1 is 1.19 bits per heavy atom. The average molecular weight is 530 g/mol. The standard InChI is InChI=1S/C19H31N3O2.C11H13ClO/c1-6-8-10-18(17(4)23)22-14-13-21(15-16(22)3)19(24)11-9-12-20(5)7-2;1-2-3-8-9-6-7-13-11(9)5-4-10(8)12/h9-11H,3,6-8,12-15H2,1-2,4-5H3;4-5H,2-3,6-7H2,1H3/b11-9+,18-10-;. The van der Waals surface area contributed by atoms with E-state index >= 15 is 0 Å². The number of halogens is 1. The van der Waals surface area contributed by atoms with Gasteiger partial charge in [0, 0.05) is 55.3 Å². The van der Waals surface area contributed by atoms with Gasteiger partial charge in [-0.15, -0.1) is 0 Å². The molecule has 6 nitrogen and oxygen atoms in total. The minimum Gasteiger partial charge on any atom is -0.493 e. The van der Waals surface area contributed by atoms with Crippen molar-refractivity contribution in [3.05, 3.63) is 64.5 Å². The van der Waals surface area contributed by atoms with Crippen molar-refractivity contribution in [2.24, 2.45) is 0 Å². The fourth-order valence-corrected chi connectivity index (χ4v) is 4.64. The smallest absolute Gasteiger partial charge is 0.246 e. The summed E-state index contributed by atoms with van der Waals surface area (Å²) >= 11 is 6.13. The highest BCUT2D eigenvalue weighted by Crippen LogP contribution is 2.33. The highest BCUT2D eigenvalue weighted by molar-refractivity contribution is 6.31. The molecule has 7 heteroatoms. The van der Waals surface area contributed by atoms with E-state index < -0.39 is 0 Å². The van der Waals surface area contributed by atoms with Crippen molar-refractivity contribution in [1.29, 1.82) is 0 Å². The molecule has 2 aliphatic rings. The van der Waals surface area contributed by atoms with Crippen molar-refractivity contribution in [3.8, 4) is 5.75 Å². The highest BCUT2D eigenvalue weighted by atomic mass is 35.5. The molecule has 0 unspecified atom stereocenters. The number of rotatable bonds is 10. The fourth-order valence-electron chi connectivity index (χ4n) is 4.37. The van der Waals surface area contributed by atoms with Gasteiger partial charge in [0.2, 0.25) is 5.91 Å². The molecular weight excluding hydrogens is 486 g/mol. The molecule has 0 N–H and O–H groups in total. The molecule has 0 radical (unpaired) electrons. The van der Waals surface area contributed by atoms with Gasteiger partial charge in [0.25, 0.3) is 0 Å². The SMILES string of the molecule is C=C1CN(C(=O)/C=C/CN(C)CC)CCN1/C(=C\CCC)C(C)=O.CCCc1c(Cl)ccc2c1CCO2. The van der Waals surface area contributed by atoms with Crippen LogP contribution in [-0.2, 0) is 22.4 Å². The van der Waals surface area contributed by atoms with Crippen molar-refractivity contribution < 1.29 is 14.3 Å². The van der Waals surface area contributed by atoms with E-state index in [4.69, 9.17) is 16.3 Å². The fraction of sp³-hybridized carbons (Fsp3) is 0.533. The second-order valence-corrected chi connectivity index (χ2v) is 9.93. The van der Waals surface area contributed by atoms with E-state index in [0.717, 1.165) is 68.3 Å². The van der Waals surface area contributed by atoms with Crippen LogP contribution in [0.4, 0.5) is 0 Å². The van der Waals surface area contributed by atoms with Crippen molar-refractivity contribution >= 4 is 23.3 Å². The molecule has 37 heavy (non-hydrogen) atoms. The molecule has 1 aromatic carbocycles. The van der Waals surface area contributed by atoms with Gasteiger partial charge in [0.15, 0.2) is 5.78 Å². The van der Waals surface area contributed by atoms with E-state index in [1.165, 1.54) is 11.1 Å². The first kappa shape index (κ1) is 30.7. The largest absolute Gasteiger partial charge is 0.493 e. The second kappa shape index (κ2) is 15.6. The molecular formula is C30H44ClN3O3. The normalized spacial score (nSPS) is 15.5. The number of ketones is 1. The van der Waals surface area contributed by atoms with Gasteiger partial charge in [-0.05, 0) is 44.1 Å². The molecule has 1 fully saturated rings. The molecule has 1 amide bonds. The number of hydrogen-bond acceptors (Lipinski definition) is 5. The Balaban J connectivity index is 0.000000308. The van der Waals surface area contributed by atoms with Crippen molar-refractivity contribution in [3.63, 3.8) is 0 Å². The van der Waals surface area contributed by atoms with Crippen LogP contribution in [0, 0.1) is 0 Å². The number of carbonyl (C=O) groups is 2. The maximum absolute atomic E-state index is 12.3. The molecule has 0 aliphatic carbocycles. The van der Waals surface area contributed by atoms with E-state index in [1.807, 2.05) is 36.2 Å². The summed E-state index contributed by atoms with van der Waals surface area (Å²) in [5.74, 6) is 1.09. The zero-order chi connectivity index (χ0) is 27.4. The van der Waals surface area contributed by atoms with Gasteiger partial charge in [-0.3, -0.25) is 9.59 Å². The van der Waals surface area contributed by atoms with Gasteiger partial charge in [-0.25, -0.2) is 0 Å². The lowest BCUT2D eigenvalue weighted by molar-refractivity contribution is -0.126. The lowest BCUT2D eigenvalue weighted by Crippen LogP contribution is -2.46. The molecule has 0 aromatic heterocycles. The third-order valence-corrected chi connectivity index (χ3v) is 6.95. The third-order valence-electron chi connectivity index (χ3n) is 6.60. The van der Waals surface area contributed by atoms with Crippen molar-refractivity contribution in [2.75, 3.05) is 46.4 Å². The molecule has 0 atom stereocenters. The molecule has 1 saturated heterocycles. The Kier molecular flexibility index (Phi) is 12.9. The first-order valence-corrected chi connectivity index (χ1v) is 13.8. The van der Waals surface area contributed by atoms with Crippen LogP contribution < -0.4 is 4.74 Å². The van der Waals surface area contributed by atoms with Crippen LogP contribution in [0.3, 0.4) is 0 Å². The number of piperazine rings is 1. The van der Waals surface area contributed by atoms with Crippen molar-refractivity contribution in [1.82, 2.24) is 14.7 Å². The number of Topliss-reactive ketones (excluding diaryl/α,β-unsaturated/α-hetero) is 1. The number of amides is 1. The monoisotopic (exact) mass is 529 g/mol. The first-order chi connectivity index (χ1) is 17.7. The Morgan fingerprint density at radius 2 is 1.95 bits per heavy atom. The summed E-state index contributed by atoms with van der Waals surface area (Å²) in [5, 5.41) is 0.895. The van der Waals surface area contributed by atoms with Gasteiger partial charge >= 0.3 is 0 Å². The van der Waals surface area contributed by atoms with Gasteiger partial charge in [-0.1, -0.05) is 63.9 Å². The van der Waals surface area contributed by atoms with Crippen molar-refractivity contribution in [2.45, 2.75) is 59.8 Å². The number of carbonyl (C=O) groups excluding carboxylic acids is 2. The number of allylic oxidation sites excluding steroid dienone is 2. The van der Waals surface area contributed by atoms with Crippen LogP contribution in [0.2, 0.25) is 5.02 Å². The van der Waals surface area contributed by atoms with Crippen LogP contribution in [0.25, 0.3) is 0 Å². The van der Waals surface area contributed by atoms with E-state index in [0.29, 0.717) is 25.3 Å². The number of ether oxygens (including phenoxy) is 1. The zero-order valence-corrected chi connectivity index (χ0v) is 24.1. The lowest BCUT2D eigenvalue weighted by atomic mass is 10.0. The van der Waals surface area contributed by atoms with Gasteiger partial charge < -0.3 is 19.4 Å². The Bertz CT molecular complexity index is 1000. The highest BCUT2D eigenvalue weighted by Gasteiger charge is 2.25. The summed E-state index contributed by atoms with van der Waals surface area (Å²) in [5.41, 5.74) is 4.12. The summed E-state index contributed by atoms with van der Waals surface area (Å²) in [6.07, 6.45) is 10.6. The quantitative estimate of drug-likeness (QED) is 0.366. The third kappa shape index (κ3) is 9.04. The summed E-state index contributed by atoms with van der Waals surface area (Å²) in [6.45, 7) is 16.2. The minimum absolute atomic E-state index is 0.00205. The summed E-state index contributed by atoms with van der Waals surface area (Å²) in [7, 11) is 2.02. The van der Waals surface area contributed by atoms with Crippen LogP contribution in [0.1, 0.15) is 58.1 Å². The predicted octanol–water partition coefficient (Wildman–Crippen LogP) is 5.65. The van der Waals surface area contributed by atoms with Gasteiger partial charge in [0.05, 0.1) is 18.8 Å². The average Bonchev–Trinajstić information content (AvgIpc) is 3.36. The molecule has 204 valence electrons. The van der Waals surface area contributed by atoms with Gasteiger partial charge in [-0.2, -0.15) is 0 Å². The number of benzene rings is 1. The van der Waals surface area contributed by atoms with E-state index in [9.17, 15) is 9.59 Å². The maximum Gasteiger partial charge on any atom is 0.246 e. The van der Waals surface area contributed by atoms with E-state index in [-0.39, 0.29) is 11.7 Å². The summed E-state index contributed by atoms with van der Waals surface area (Å²) < 4.78 is 5.48. The molecule has 2 heterocycles. The number of nitrogens with zero attached hydrogens (tertiary/aromatic N) is 3. The molecule has 0 bridgehead atoms. The van der Waals surface area contributed by atoms with E-state index in [2.05, 4.69) is 32.3 Å².